The number of thiazole rings is 1. The van der Waals surface area contributed by atoms with Gasteiger partial charge in [-0.05, 0) is 15.9 Å². The Labute approximate surface area is 78.2 Å². The fourth-order valence-corrected chi connectivity index (χ4v) is 2.04. The third kappa shape index (κ3) is 3.31. The van der Waals surface area contributed by atoms with Gasteiger partial charge in [0.15, 0.2) is 9.73 Å². The van der Waals surface area contributed by atoms with Gasteiger partial charge in [0.05, 0.1) is 0 Å². The van der Waals surface area contributed by atoms with Gasteiger partial charge in [-0.3, -0.25) is 0 Å². The van der Waals surface area contributed by atoms with E-state index in [1.807, 2.05) is 0 Å². The van der Waals surface area contributed by atoms with Crippen molar-refractivity contribution in [1.29, 1.82) is 0 Å². The predicted molar refractivity (Wildman–Crippen MR) is 51.9 cm³/mol. The molecule has 1 heterocycles. The molecule has 0 bridgehead atoms. The molecule has 0 aromatic carbocycles. The second kappa shape index (κ2) is 3.20. The van der Waals surface area contributed by atoms with Crippen LogP contribution in [0.2, 0.25) is 0 Å². The van der Waals surface area contributed by atoms with E-state index in [2.05, 4.69) is 25.3 Å². The van der Waals surface area contributed by atoms with Crippen LogP contribution in [0.4, 0.5) is 5.82 Å². The summed E-state index contributed by atoms with van der Waals surface area (Å²) in [6, 6.07) is 0. The summed E-state index contributed by atoms with van der Waals surface area (Å²) in [5.74, 6) is 0.539. The van der Waals surface area contributed by atoms with E-state index >= 15 is 0 Å². The molecule has 0 fully saturated rings. The smallest absolute Gasteiger partial charge is 0.173 e. The Bertz CT molecular complexity index is 356. The van der Waals surface area contributed by atoms with Crippen LogP contribution in [0.3, 0.4) is 0 Å². The van der Waals surface area contributed by atoms with Crippen LogP contribution in [0, 0.1) is 0 Å². The second-order valence-electron chi connectivity index (χ2n) is 2.23. The molecule has 0 saturated heterocycles. The molecule has 1 rings (SSSR count). The summed E-state index contributed by atoms with van der Waals surface area (Å²) < 4.78 is 15.8. The zero-order chi connectivity index (χ0) is 8.48. The fraction of sp³-hybridized carbons (Fsp3) is 0.400. The molecule has 0 aliphatic carbocycles. The minimum absolute atomic E-state index is 0.539. The first-order valence-electron chi connectivity index (χ1n) is 2.75. The summed E-state index contributed by atoms with van der Waals surface area (Å²) in [5, 5.41) is 1.76. The molecular weight excluding hydrogens is 248 g/mol. The summed E-state index contributed by atoms with van der Waals surface area (Å²) in [6.45, 7) is 0. The van der Waals surface area contributed by atoms with Crippen molar-refractivity contribution < 1.29 is 4.21 Å². The molecule has 6 heteroatoms. The Morgan fingerprint density at radius 3 is 2.73 bits per heavy atom. The van der Waals surface area contributed by atoms with Gasteiger partial charge < -0.3 is 0 Å². The number of aromatic nitrogens is 1. The van der Waals surface area contributed by atoms with Gasteiger partial charge in [-0.1, -0.05) is 0 Å². The first kappa shape index (κ1) is 9.15. The van der Waals surface area contributed by atoms with Crippen LogP contribution >= 0.6 is 27.3 Å². The second-order valence-corrected chi connectivity index (χ2v) is 6.91. The highest BCUT2D eigenvalue weighted by Gasteiger charge is 1.97. The van der Waals surface area contributed by atoms with E-state index in [4.69, 9.17) is 0 Å². The first-order chi connectivity index (χ1) is 4.97. The number of hydrogen-bond acceptors (Lipinski definition) is 4. The van der Waals surface area contributed by atoms with Crippen LogP contribution in [0.5, 0.6) is 0 Å². The maximum absolute atomic E-state index is 11.1. The van der Waals surface area contributed by atoms with Crippen LogP contribution in [0.1, 0.15) is 0 Å². The molecule has 0 saturated carbocycles. The van der Waals surface area contributed by atoms with Gasteiger partial charge in [0.2, 0.25) is 0 Å². The molecule has 0 aliphatic rings. The van der Waals surface area contributed by atoms with Crippen LogP contribution in [-0.4, -0.2) is 21.7 Å². The van der Waals surface area contributed by atoms with Gasteiger partial charge >= 0.3 is 0 Å². The summed E-state index contributed by atoms with van der Waals surface area (Å²) in [4.78, 5) is 3.99. The Balaban J connectivity index is 3.07. The van der Waals surface area contributed by atoms with Crippen molar-refractivity contribution in [3.05, 3.63) is 9.30 Å². The number of halogens is 1. The van der Waals surface area contributed by atoms with Gasteiger partial charge in [-0.25, -0.2) is 9.19 Å². The standard InChI is InChI=1S/C5H7BrN2OS2/c1-11(2,9)8-4-3-10-5(6)7-4/h3H,1-2H3. The Morgan fingerprint density at radius 1 is 1.73 bits per heavy atom. The van der Waals surface area contributed by atoms with E-state index in [9.17, 15) is 4.21 Å². The zero-order valence-electron chi connectivity index (χ0n) is 6.07. The van der Waals surface area contributed by atoms with Crippen molar-refractivity contribution >= 4 is 42.8 Å². The van der Waals surface area contributed by atoms with Gasteiger partial charge in [-0.15, -0.1) is 11.3 Å². The number of rotatable bonds is 1. The van der Waals surface area contributed by atoms with Crippen LogP contribution in [0.25, 0.3) is 0 Å². The topological polar surface area (TPSA) is 42.3 Å². The van der Waals surface area contributed by atoms with E-state index in [0.29, 0.717) is 5.82 Å². The third-order valence-electron chi connectivity index (χ3n) is 0.777. The first-order valence-corrected chi connectivity index (χ1v) is 6.76. The molecular formula is C5H7BrN2OS2. The number of hydrogen-bond donors (Lipinski definition) is 0. The van der Waals surface area contributed by atoms with Crippen LogP contribution in [0.15, 0.2) is 13.7 Å². The van der Waals surface area contributed by atoms with E-state index in [1.165, 1.54) is 11.3 Å². The normalized spacial score (nSPS) is 11.5. The van der Waals surface area contributed by atoms with Crippen molar-refractivity contribution in [3.8, 4) is 0 Å². The minimum Gasteiger partial charge on any atom is -0.250 e. The van der Waals surface area contributed by atoms with Crippen molar-refractivity contribution in [2.24, 2.45) is 4.36 Å². The lowest BCUT2D eigenvalue weighted by atomic mass is 10.9. The van der Waals surface area contributed by atoms with Gasteiger partial charge in [-0.2, -0.15) is 4.36 Å². The quantitative estimate of drug-likeness (QED) is 0.772. The molecule has 62 valence electrons. The van der Waals surface area contributed by atoms with Crippen molar-refractivity contribution in [3.63, 3.8) is 0 Å². The summed E-state index contributed by atoms with van der Waals surface area (Å²) in [7, 11) is -2.07. The number of nitrogens with zero attached hydrogens (tertiary/aromatic N) is 2. The zero-order valence-corrected chi connectivity index (χ0v) is 9.29. The summed E-state index contributed by atoms with van der Waals surface area (Å²) in [5.41, 5.74) is 0. The monoisotopic (exact) mass is 254 g/mol. The highest BCUT2D eigenvalue weighted by atomic mass is 79.9. The fourth-order valence-electron chi connectivity index (χ4n) is 0.511. The molecule has 0 amide bonds. The summed E-state index contributed by atoms with van der Waals surface area (Å²) in [6.07, 6.45) is 3.17. The lowest BCUT2D eigenvalue weighted by Crippen LogP contribution is -1.88. The van der Waals surface area contributed by atoms with Crippen molar-refractivity contribution in [2.45, 2.75) is 0 Å². The predicted octanol–water partition coefficient (Wildman–Crippen LogP) is 2.26. The highest BCUT2D eigenvalue weighted by molar-refractivity contribution is 9.11. The molecule has 0 radical (unpaired) electrons. The molecule has 0 atom stereocenters. The lowest BCUT2D eigenvalue weighted by Gasteiger charge is -1.89. The summed E-state index contributed by atoms with van der Waals surface area (Å²) >= 11 is 4.63. The average molecular weight is 255 g/mol. The van der Waals surface area contributed by atoms with E-state index < -0.39 is 9.73 Å². The van der Waals surface area contributed by atoms with E-state index in [-0.39, 0.29) is 0 Å². The molecule has 1 aromatic rings. The molecule has 0 unspecified atom stereocenters. The third-order valence-corrected chi connectivity index (χ3v) is 2.76. The Morgan fingerprint density at radius 2 is 2.36 bits per heavy atom. The molecule has 0 spiro atoms. The van der Waals surface area contributed by atoms with Crippen LogP contribution < -0.4 is 0 Å². The van der Waals surface area contributed by atoms with E-state index in [0.717, 1.165) is 3.92 Å². The maximum Gasteiger partial charge on any atom is 0.173 e. The van der Waals surface area contributed by atoms with Crippen molar-refractivity contribution in [1.82, 2.24) is 4.98 Å². The largest absolute Gasteiger partial charge is 0.250 e. The lowest BCUT2D eigenvalue weighted by molar-refractivity contribution is 0.684. The highest BCUT2D eigenvalue weighted by Crippen LogP contribution is 2.22. The van der Waals surface area contributed by atoms with E-state index in [1.54, 1.807) is 17.9 Å². The maximum atomic E-state index is 11.1. The van der Waals surface area contributed by atoms with Gasteiger partial charge in [0.1, 0.15) is 0 Å². The molecule has 0 N–H and O–H groups in total. The molecule has 11 heavy (non-hydrogen) atoms. The average Bonchev–Trinajstić information content (AvgIpc) is 2.10. The van der Waals surface area contributed by atoms with Gasteiger partial charge in [0, 0.05) is 27.6 Å². The Hall–Kier alpha value is 0.0600. The minimum atomic E-state index is -2.07. The SMILES string of the molecule is CS(C)(=O)=Nc1csc(Br)n1. The molecule has 1 aromatic heterocycles. The van der Waals surface area contributed by atoms with Crippen LogP contribution in [-0.2, 0) is 9.73 Å². The molecule has 0 aliphatic heterocycles. The Kier molecular flexibility index (Phi) is 2.66. The van der Waals surface area contributed by atoms with Gasteiger partial charge in [0.25, 0.3) is 0 Å². The molecule has 3 nitrogen and oxygen atoms in total. The van der Waals surface area contributed by atoms with Crippen molar-refractivity contribution in [2.75, 3.05) is 12.5 Å².